The SMILES string of the molecule is CCCCC#Cc1ccc(Cl)cc1[N+](=O)[O-]. The third kappa shape index (κ3) is 3.56. The third-order valence-corrected chi connectivity index (χ3v) is 2.27. The van der Waals surface area contributed by atoms with Gasteiger partial charge in [-0.2, -0.15) is 0 Å². The van der Waals surface area contributed by atoms with Gasteiger partial charge in [-0.05, 0) is 18.6 Å². The molecule has 0 spiro atoms. The van der Waals surface area contributed by atoms with Gasteiger partial charge in [0.2, 0.25) is 0 Å². The molecule has 1 aromatic carbocycles. The Morgan fingerprint density at radius 3 is 2.88 bits per heavy atom. The van der Waals surface area contributed by atoms with Gasteiger partial charge in [-0.3, -0.25) is 10.1 Å². The van der Waals surface area contributed by atoms with E-state index in [1.807, 2.05) is 0 Å². The minimum Gasteiger partial charge on any atom is -0.258 e. The summed E-state index contributed by atoms with van der Waals surface area (Å²) < 4.78 is 0. The van der Waals surface area contributed by atoms with Crippen LogP contribution in [0.2, 0.25) is 5.02 Å². The van der Waals surface area contributed by atoms with Crippen LogP contribution in [0.5, 0.6) is 0 Å². The van der Waals surface area contributed by atoms with Crippen LogP contribution in [0.25, 0.3) is 0 Å². The molecule has 0 fully saturated rings. The van der Waals surface area contributed by atoms with Gasteiger partial charge < -0.3 is 0 Å². The van der Waals surface area contributed by atoms with Crippen molar-refractivity contribution in [2.45, 2.75) is 26.2 Å². The van der Waals surface area contributed by atoms with Gasteiger partial charge >= 0.3 is 0 Å². The van der Waals surface area contributed by atoms with Gasteiger partial charge in [0.15, 0.2) is 0 Å². The predicted octanol–water partition coefficient (Wildman–Crippen LogP) is 3.79. The highest BCUT2D eigenvalue weighted by Crippen LogP contribution is 2.22. The molecule has 0 amide bonds. The maximum atomic E-state index is 10.7. The molecule has 0 radical (unpaired) electrons. The van der Waals surface area contributed by atoms with Crippen molar-refractivity contribution in [2.75, 3.05) is 0 Å². The summed E-state index contributed by atoms with van der Waals surface area (Å²) in [5.74, 6) is 5.73. The predicted molar refractivity (Wildman–Crippen MR) is 64.5 cm³/mol. The van der Waals surface area contributed by atoms with E-state index in [1.165, 1.54) is 6.07 Å². The summed E-state index contributed by atoms with van der Waals surface area (Å²) in [5.41, 5.74) is 0.391. The van der Waals surface area contributed by atoms with Crippen molar-refractivity contribution in [3.8, 4) is 11.8 Å². The maximum Gasteiger partial charge on any atom is 0.286 e. The molecule has 0 saturated carbocycles. The lowest BCUT2D eigenvalue weighted by Crippen LogP contribution is -1.91. The Morgan fingerprint density at radius 1 is 1.50 bits per heavy atom. The molecule has 4 heteroatoms. The standard InChI is InChI=1S/C12H12ClNO2/c1-2-3-4-5-6-10-7-8-11(13)9-12(10)14(15)16/h7-9H,2-4H2,1H3. The number of halogens is 1. The lowest BCUT2D eigenvalue weighted by atomic mass is 10.1. The number of hydrogen-bond donors (Lipinski definition) is 0. The third-order valence-electron chi connectivity index (χ3n) is 2.03. The van der Waals surface area contributed by atoms with Crippen molar-refractivity contribution < 1.29 is 4.92 Å². The van der Waals surface area contributed by atoms with Crippen LogP contribution >= 0.6 is 11.6 Å². The second kappa shape index (κ2) is 6.14. The molecule has 1 rings (SSSR count). The second-order valence-electron chi connectivity index (χ2n) is 3.32. The van der Waals surface area contributed by atoms with Crippen molar-refractivity contribution in [3.05, 3.63) is 38.9 Å². The van der Waals surface area contributed by atoms with Crippen LogP contribution in [-0.4, -0.2) is 4.92 Å². The van der Waals surface area contributed by atoms with Gasteiger partial charge in [0.1, 0.15) is 5.56 Å². The summed E-state index contributed by atoms with van der Waals surface area (Å²) in [4.78, 5) is 10.3. The summed E-state index contributed by atoms with van der Waals surface area (Å²) in [7, 11) is 0. The van der Waals surface area contributed by atoms with Gasteiger partial charge in [0.25, 0.3) is 5.69 Å². The molecule has 1 aromatic rings. The molecule has 0 atom stereocenters. The van der Waals surface area contributed by atoms with E-state index in [9.17, 15) is 10.1 Å². The Hall–Kier alpha value is -1.53. The average Bonchev–Trinajstić information content (AvgIpc) is 2.26. The Morgan fingerprint density at radius 2 is 2.25 bits per heavy atom. The van der Waals surface area contributed by atoms with Crippen LogP contribution in [0.4, 0.5) is 5.69 Å². The van der Waals surface area contributed by atoms with Crippen molar-refractivity contribution in [1.29, 1.82) is 0 Å². The Bertz CT molecular complexity index is 446. The molecular weight excluding hydrogens is 226 g/mol. The van der Waals surface area contributed by atoms with Crippen LogP contribution < -0.4 is 0 Å². The van der Waals surface area contributed by atoms with Gasteiger partial charge in [-0.1, -0.05) is 36.8 Å². The number of rotatable bonds is 3. The highest BCUT2D eigenvalue weighted by Gasteiger charge is 2.11. The number of unbranched alkanes of at least 4 members (excludes halogenated alkanes) is 2. The molecule has 0 bridgehead atoms. The number of nitro benzene ring substituents is 1. The summed E-state index contributed by atoms with van der Waals surface area (Å²) in [6.45, 7) is 2.08. The fourth-order valence-electron chi connectivity index (χ4n) is 1.18. The highest BCUT2D eigenvalue weighted by molar-refractivity contribution is 6.30. The first kappa shape index (κ1) is 12.5. The molecule has 84 valence electrons. The Balaban J connectivity index is 2.93. The quantitative estimate of drug-likeness (QED) is 0.347. The van der Waals surface area contributed by atoms with E-state index in [2.05, 4.69) is 18.8 Å². The number of nitro groups is 1. The van der Waals surface area contributed by atoms with E-state index < -0.39 is 4.92 Å². The smallest absolute Gasteiger partial charge is 0.258 e. The van der Waals surface area contributed by atoms with Crippen molar-refractivity contribution in [1.82, 2.24) is 0 Å². The zero-order valence-electron chi connectivity index (χ0n) is 9.00. The zero-order valence-corrected chi connectivity index (χ0v) is 9.75. The first-order valence-corrected chi connectivity index (χ1v) is 5.45. The molecule has 0 aliphatic heterocycles. The lowest BCUT2D eigenvalue weighted by molar-refractivity contribution is -0.385. The Kier molecular flexibility index (Phi) is 4.81. The topological polar surface area (TPSA) is 43.1 Å². The molecule has 0 N–H and O–H groups in total. The van der Waals surface area contributed by atoms with Crippen LogP contribution in [0.1, 0.15) is 31.7 Å². The normalized spacial score (nSPS) is 9.38. The molecule has 0 aliphatic rings. The monoisotopic (exact) mass is 237 g/mol. The van der Waals surface area contributed by atoms with E-state index in [-0.39, 0.29) is 5.69 Å². The van der Waals surface area contributed by atoms with Crippen LogP contribution in [0.15, 0.2) is 18.2 Å². The van der Waals surface area contributed by atoms with Gasteiger partial charge in [-0.25, -0.2) is 0 Å². The second-order valence-corrected chi connectivity index (χ2v) is 3.76. The van der Waals surface area contributed by atoms with E-state index in [0.29, 0.717) is 10.6 Å². The largest absolute Gasteiger partial charge is 0.286 e. The van der Waals surface area contributed by atoms with Crippen molar-refractivity contribution in [3.63, 3.8) is 0 Å². The number of benzene rings is 1. The molecule has 0 unspecified atom stereocenters. The van der Waals surface area contributed by atoms with Crippen molar-refractivity contribution in [2.24, 2.45) is 0 Å². The zero-order chi connectivity index (χ0) is 12.0. The van der Waals surface area contributed by atoms with Crippen LogP contribution in [0, 0.1) is 22.0 Å². The van der Waals surface area contributed by atoms with E-state index in [0.717, 1.165) is 19.3 Å². The van der Waals surface area contributed by atoms with E-state index in [1.54, 1.807) is 12.1 Å². The van der Waals surface area contributed by atoms with E-state index in [4.69, 9.17) is 11.6 Å². The summed E-state index contributed by atoms with van der Waals surface area (Å²) in [6.07, 6.45) is 2.84. The fourth-order valence-corrected chi connectivity index (χ4v) is 1.35. The molecular formula is C12H12ClNO2. The molecule has 0 saturated heterocycles. The van der Waals surface area contributed by atoms with Gasteiger partial charge in [0.05, 0.1) is 4.92 Å². The minimum absolute atomic E-state index is 0.0310. The molecule has 0 heterocycles. The molecule has 3 nitrogen and oxygen atoms in total. The van der Waals surface area contributed by atoms with Crippen LogP contribution in [-0.2, 0) is 0 Å². The summed E-state index contributed by atoms with van der Waals surface area (Å²) in [5, 5.41) is 11.1. The minimum atomic E-state index is -0.463. The van der Waals surface area contributed by atoms with E-state index >= 15 is 0 Å². The Labute approximate surface area is 99.6 Å². The van der Waals surface area contributed by atoms with Crippen molar-refractivity contribution >= 4 is 17.3 Å². The highest BCUT2D eigenvalue weighted by atomic mass is 35.5. The molecule has 16 heavy (non-hydrogen) atoms. The van der Waals surface area contributed by atoms with Gasteiger partial charge in [-0.15, -0.1) is 0 Å². The first-order chi connectivity index (χ1) is 7.65. The number of nitrogens with zero attached hydrogens (tertiary/aromatic N) is 1. The fraction of sp³-hybridized carbons (Fsp3) is 0.333. The number of hydrogen-bond acceptors (Lipinski definition) is 2. The van der Waals surface area contributed by atoms with Gasteiger partial charge in [0, 0.05) is 17.5 Å². The molecule has 0 aliphatic carbocycles. The first-order valence-electron chi connectivity index (χ1n) is 5.08. The molecule has 0 aromatic heterocycles. The summed E-state index contributed by atoms with van der Waals surface area (Å²) in [6, 6.07) is 4.52. The summed E-state index contributed by atoms with van der Waals surface area (Å²) >= 11 is 5.69. The lowest BCUT2D eigenvalue weighted by Gasteiger charge is -1.95. The average molecular weight is 238 g/mol. The maximum absolute atomic E-state index is 10.7. The van der Waals surface area contributed by atoms with Crippen LogP contribution in [0.3, 0.4) is 0 Å².